The lowest BCUT2D eigenvalue weighted by atomic mass is 9.85. The average Bonchev–Trinajstić information content (AvgIpc) is 2.03. The van der Waals surface area contributed by atoms with Crippen molar-refractivity contribution >= 4 is 0 Å². The van der Waals surface area contributed by atoms with Crippen molar-refractivity contribution in [2.45, 2.75) is 52.6 Å². The molecular formula is C11H25NO. The van der Waals surface area contributed by atoms with Crippen molar-refractivity contribution < 1.29 is 5.11 Å². The molecule has 0 spiro atoms. The topological polar surface area (TPSA) is 46.2 Å². The van der Waals surface area contributed by atoms with Crippen LogP contribution in [0.4, 0.5) is 0 Å². The predicted molar refractivity (Wildman–Crippen MR) is 57.5 cm³/mol. The van der Waals surface area contributed by atoms with E-state index in [-0.39, 0.29) is 5.92 Å². The van der Waals surface area contributed by atoms with E-state index < -0.39 is 5.60 Å². The summed E-state index contributed by atoms with van der Waals surface area (Å²) < 4.78 is 0. The number of nitrogens with two attached hydrogens (primary N) is 1. The summed E-state index contributed by atoms with van der Waals surface area (Å²) >= 11 is 0. The molecule has 2 nitrogen and oxygen atoms in total. The van der Waals surface area contributed by atoms with Crippen LogP contribution in [-0.4, -0.2) is 17.3 Å². The Morgan fingerprint density at radius 3 is 2.08 bits per heavy atom. The molecule has 1 unspecified atom stereocenters. The zero-order valence-corrected chi connectivity index (χ0v) is 9.51. The van der Waals surface area contributed by atoms with Crippen LogP contribution in [0.1, 0.15) is 47.0 Å². The molecule has 0 heterocycles. The van der Waals surface area contributed by atoms with Gasteiger partial charge in [-0.1, -0.05) is 40.5 Å². The molecule has 0 aliphatic rings. The summed E-state index contributed by atoms with van der Waals surface area (Å²) in [6, 6.07) is 0. The highest BCUT2D eigenvalue weighted by Crippen LogP contribution is 2.23. The summed E-state index contributed by atoms with van der Waals surface area (Å²) in [7, 11) is 0. The fraction of sp³-hybridized carbons (Fsp3) is 1.00. The van der Waals surface area contributed by atoms with Gasteiger partial charge < -0.3 is 10.8 Å². The van der Waals surface area contributed by atoms with E-state index in [1.807, 2.05) is 13.8 Å². The third-order valence-corrected chi connectivity index (χ3v) is 2.82. The molecule has 0 saturated heterocycles. The third kappa shape index (κ3) is 4.63. The molecule has 2 heteroatoms. The molecule has 0 aromatic carbocycles. The number of hydrogen-bond acceptors (Lipinski definition) is 2. The third-order valence-electron chi connectivity index (χ3n) is 2.82. The van der Waals surface area contributed by atoms with Crippen molar-refractivity contribution in [3.05, 3.63) is 0 Å². The monoisotopic (exact) mass is 187 g/mol. The standard InChI is InChI=1S/C11H25NO/c1-9(2)6-5-7-11(13,8-12)10(3)4/h9-10,13H,5-8,12H2,1-4H3. The largest absolute Gasteiger partial charge is 0.388 e. The molecule has 80 valence electrons. The SMILES string of the molecule is CC(C)CCCC(O)(CN)C(C)C. The van der Waals surface area contributed by atoms with E-state index in [0.717, 1.165) is 12.8 Å². The summed E-state index contributed by atoms with van der Waals surface area (Å²) in [5.74, 6) is 0.971. The molecule has 0 aliphatic carbocycles. The quantitative estimate of drug-likeness (QED) is 0.669. The Bertz CT molecular complexity index is 134. The van der Waals surface area contributed by atoms with Gasteiger partial charge in [0.25, 0.3) is 0 Å². The molecule has 0 saturated carbocycles. The van der Waals surface area contributed by atoms with Crippen molar-refractivity contribution in [2.24, 2.45) is 17.6 Å². The zero-order valence-electron chi connectivity index (χ0n) is 9.51. The van der Waals surface area contributed by atoms with Crippen LogP contribution in [0.15, 0.2) is 0 Å². The van der Waals surface area contributed by atoms with E-state index in [4.69, 9.17) is 5.73 Å². The first-order valence-corrected chi connectivity index (χ1v) is 5.35. The molecular weight excluding hydrogens is 162 g/mol. The molecule has 13 heavy (non-hydrogen) atoms. The smallest absolute Gasteiger partial charge is 0.0792 e. The van der Waals surface area contributed by atoms with Crippen molar-refractivity contribution in [2.75, 3.05) is 6.54 Å². The summed E-state index contributed by atoms with van der Waals surface area (Å²) in [6.45, 7) is 8.85. The Kier molecular flexibility index (Phi) is 5.57. The van der Waals surface area contributed by atoms with Crippen LogP contribution in [0, 0.1) is 11.8 Å². The summed E-state index contributed by atoms with van der Waals surface area (Å²) in [4.78, 5) is 0. The van der Waals surface area contributed by atoms with Crippen LogP contribution in [-0.2, 0) is 0 Å². The highest BCUT2D eigenvalue weighted by Gasteiger charge is 2.28. The molecule has 0 aliphatic heterocycles. The van der Waals surface area contributed by atoms with Gasteiger partial charge >= 0.3 is 0 Å². The first-order valence-electron chi connectivity index (χ1n) is 5.35. The van der Waals surface area contributed by atoms with E-state index in [1.165, 1.54) is 6.42 Å². The molecule has 1 atom stereocenters. The fourth-order valence-electron chi connectivity index (χ4n) is 1.44. The predicted octanol–water partition coefficient (Wildman–Crippen LogP) is 2.16. The van der Waals surface area contributed by atoms with Gasteiger partial charge in [0.05, 0.1) is 5.60 Å². The highest BCUT2D eigenvalue weighted by atomic mass is 16.3. The zero-order chi connectivity index (χ0) is 10.5. The molecule has 3 N–H and O–H groups in total. The number of hydrogen-bond donors (Lipinski definition) is 2. The molecule has 0 aromatic heterocycles. The fourth-order valence-corrected chi connectivity index (χ4v) is 1.44. The Labute approximate surface area is 82.5 Å². The van der Waals surface area contributed by atoms with Crippen LogP contribution >= 0.6 is 0 Å². The summed E-state index contributed by atoms with van der Waals surface area (Å²) in [5.41, 5.74) is 4.93. The normalized spacial score (nSPS) is 16.6. The minimum absolute atomic E-state index is 0.254. The second-order valence-corrected chi connectivity index (χ2v) is 4.75. The van der Waals surface area contributed by atoms with Gasteiger partial charge in [0, 0.05) is 6.54 Å². The van der Waals surface area contributed by atoms with Crippen molar-refractivity contribution in [1.82, 2.24) is 0 Å². The number of aliphatic hydroxyl groups is 1. The van der Waals surface area contributed by atoms with Gasteiger partial charge in [-0.25, -0.2) is 0 Å². The van der Waals surface area contributed by atoms with Gasteiger partial charge in [-0.05, 0) is 18.3 Å². The van der Waals surface area contributed by atoms with Crippen LogP contribution in [0.5, 0.6) is 0 Å². The summed E-state index contributed by atoms with van der Waals surface area (Å²) in [5, 5.41) is 10.1. The second kappa shape index (κ2) is 5.61. The Hall–Kier alpha value is -0.0800. The Morgan fingerprint density at radius 2 is 1.77 bits per heavy atom. The first kappa shape index (κ1) is 12.9. The van der Waals surface area contributed by atoms with Crippen LogP contribution in [0.2, 0.25) is 0 Å². The maximum Gasteiger partial charge on any atom is 0.0792 e. The van der Waals surface area contributed by atoms with E-state index >= 15 is 0 Å². The summed E-state index contributed by atoms with van der Waals surface area (Å²) in [6.07, 6.45) is 3.08. The van der Waals surface area contributed by atoms with E-state index in [9.17, 15) is 5.11 Å². The molecule has 0 fully saturated rings. The van der Waals surface area contributed by atoms with E-state index in [0.29, 0.717) is 12.5 Å². The van der Waals surface area contributed by atoms with E-state index in [1.54, 1.807) is 0 Å². The first-order chi connectivity index (χ1) is 5.92. The Balaban J connectivity index is 3.84. The molecule has 0 radical (unpaired) electrons. The van der Waals surface area contributed by atoms with Gasteiger partial charge in [-0.2, -0.15) is 0 Å². The second-order valence-electron chi connectivity index (χ2n) is 4.75. The van der Waals surface area contributed by atoms with Crippen LogP contribution in [0.3, 0.4) is 0 Å². The highest BCUT2D eigenvalue weighted by molar-refractivity contribution is 4.82. The maximum absolute atomic E-state index is 10.1. The van der Waals surface area contributed by atoms with Gasteiger partial charge in [0.2, 0.25) is 0 Å². The van der Waals surface area contributed by atoms with Crippen molar-refractivity contribution in [1.29, 1.82) is 0 Å². The van der Waals surface area contributed by atoms with E-state index in [2.05, 4.69) is 13.8 Å². The van der Waals surface area contributed by atoms with Crippen molar-refractivity contribution in [3.63, 3.8) is 0 Å². The maximum atomic E-state index is 10.1. The number of rotatable bonds is 6. The average molecular weight is 187 g/mol. The van der Waals surface area contributed by atoms with Gasteiger partial charge in [-0.3, -0.25) is 0 Å². The minimum atomic E-state index is -0.644. The molecule has 0 aromatic rings. The van der Waals surface area contributed by atoms with Crippen LogP contribution in [0.25, 0.3) is 0 Å². The molecule has 0 bridgehead atoms. The minimum Gasteiger partial charge on any atom is -0.388 e. The Morgan fingerprint density at radius 1 is 1.23 bits per heavy atom. The van der Waals surface area contributed by atoms with Crippen LogP contribution < -0.4 is 5.73 Å². The van der Waals surface area contributed by atoms with Gasteiger partial charge in [-0.15, -0.1) is 0 Å². The lowest BCUT2D eigenvalue weighted by Gasteiger charge is -2.31. The van der Waals surface area contributed by atoms with Crippen molar-refractivity contribution in [3.8, 4) is 0 Å². The lowest BCUT2D eigenvalue weighted by molar-refractivity contribution is -0.00699. The molecule has 0 amide bonds. The molecule has 0 rings (SSSR count). The van der Waals surface area contributed by atoms with Gasteiger partial charge in [0.15, 0.2) is 0 Å². The lowest BCUT2D eigenvalue weighted by Crippen LogP contribution is -2.42. The van der Waals surface area contributed by atoms with Gasteiger partial charge in [0.1, 0.15) is 0 Å².